The van der Waals surface area contributed by atoms with Crippen LogP contribution in [0.1, 0.15) is 38.5 Å². The molecule has 0 spiro atoms. The van der Waals surface area contributed by atoms with Gasteiger partial charge in [0.25, 0.3) is 0 Å². The lowest BCUT2D eigenvalue weighted by Gasteiger charge is -2.41. The molecule has 0 saturated carbocycles. The van der Waals surface area contributed by atoms with Gasteiger partial charge in [0.2, 0.25) is 11.8 Å². The molecule has 2 amide bonds. The molecule has 0 radical (unpaired) electrons. The van der Waals surface area contributed by atoms with Crippen LogP contribution in [0.5, 0.6) is 0 Å². The lowest BCUT2D eigenvalue weighted by Crippen LogP contribution is -2.53. The van der Waals surface area contributed by atoms with E-state index in [1.807, 2.05) is 17.1 Å². The second-order valence-corrected chi connectivity index (χ2v) is 8.33. The summed E-state index contributed by atoms with van der Waals surface area (Å²) in [6.07, 6.45) is 8.63. The average Bonchev–Trinajstić information content (AvgIpc) is 3.11. The number of amides is 2. The van der Waals surface area contributed by atoms with Crippen molar-refractivity contribution in [1.82, 2.24) is 14.7 Å². The van der Waals surface area contributed by atoms with Crippen LogP contribution < -0.4 is 0 Å². The van der Waals surface area contributed by atoms with E-state index in [-0.39, 0.29) is 23.3 Å². The van der Waals surface area contributed by atoms with E-state index in [0.29, 0.717) is 25.9 Å². The minimum absolute atomic E-state index is 0.0884. The van der Waals surface area contributed by atoms with Gasteiger partial charge in [0.1, 0.15) is 0 Å². The van der Waals surface area contributed by atoms with Crippen molar-refractivity contribution >= 4 is 11.8 Å². The minimum Gasteiger partial charge on any atom is -0.379 e. The minimum atomic E-state index is -0.166. The molecule has 3 heterocycles. The molecule has 0 aromatic heterocycles. The standard InChI is InChI=1S/C22H35N3O3/c1-3-8-22(9-4-2)10-5-11-25(22)21(27)19-6-7-20(26)24(18-19)13-12-23-14-16-28-17-15-23/h3-4,19H,1-2,5-18H2/t19-/m1/s1. The van der Waals surface area contributed by atoms with Crippen molar-refractivity contribution in [2.75, 3.05) is 52.5 Å². The Balaban J connectivity index is 1.61. The number of hydrogen-bond acceptors (Lipinski definition) is 4. The molecule has 156 valence electrons. The van der Waals surface area contributed by atoms with Crippen LogP contribution in [0.2, 0.25) is 0 Å². The summed E-state index contributed by atoms with van der Waals surface area (Å²) in [5.41, 5.74) is -0.166. The molecule has 1 atom stereocenters. The largest absolute Gasteiger partial charge is 0.379 e. The highest BCUT2D eigenvalue weighted by Crippen LogP contribution is 2.38. The molecule has 3 aliphatic rings. The molecule has 3 aliphatic heterocycles. The fourth-order valence-corrected chi connectivity index (χ4v) is 4.97. The van der Waals surface area contributed by atoms with Crippen LogP contribution in [0.3, 0.4) is 0 Å². The van der Waals surface area contributed by atoms with Gasteiger partial charge in [0.15, 0.2) is 0 Å². The SMILES string of the molecule is C=CCC1(CC=C)CCCN1C(=O)[C@@H]1CCC(=O)N(CCN2CCOCC2)C1. The Hall–Kier alpha value is -1.66. The van der Waals surface area contributed by atoms with Crippen LogP contribution in [-0.4, -0.2) is 84.5 Å². The molecule has 6 nitrogen and oxygen atoms in total. The van der Waals surface area contributed by atoms with Crippen molar-refractivity contribution in [2.45, 2.75) is 44.1 Å². The molecule has 3 fully saturated rings. The Bertz CT molecular complexity index is 576. The van der Waals surface area contributed by atoms with Crippen molar-refractivity contribution < 1.29 is 14.3 Å². The van der Waals surface area contributed by atoms with Crippen LogP contribution in [0.4, 0.5) is 0 Å². The number of carbonyl (C=O) groups is 2. The van der Waals surface area contributed by atoms with Crippen LogP contribution in [0.15, 0.2) is 25.3 Å². The molecular weight excluding hydrogens is 354 g/mol. The van der Waals surface area contributed by atoms with E-state index in [4.69, 9.17) is 4.74 Å². The third-order valence-corrected chi connectivity index (χ3v) is 6.55. The summed E-state index contributed by atoms with van der Waals surface area (Å²) in [5, 5.41) is 0. The van der Waals surface area contributed by atoms with Gasteiger partial charge in [-0.25, -0.2) is 0 Å². The molecule has 28 heavy (non-hydrogen) atoms. The van der Waals surface area contributed by atoms with E-state index in [1.54, 1.807) is 0 Å². The molecule has 3 rings (SSSR count). The average molecular weight is 390 g/mol. The van der Waals surface area contributed by atoms with Crippen molar-refractivity contribution in [2.24, 2.45) is 5.92 Å². The zero-order valence-corrected chi connectivity index (χ0v) is 17.1. The van der Waals surface area contributed by atoms with E-state index in [1.165, 1.54) is 0 Å². The zero-order chi connectivity index (χ0) is 20.0. The number of ether oxygens (including phenoxy) is 1. The summed E-state index contributed by atoms with van der Waals surface area (Å²) in [6, 6.07) is 0. The van der Waals surface area contributed by atoms with Crippen LogP contribution in [0, 0.1) is 5.92 Å². The fourth-order valence-electron chi connectivity index (χ4n) is 4.97. The van der Waals surface area contributed by atoms with Gasteiger partial charge in [-0.2, -0.15) is 0 Å². The maximum Gasteiger partial charge on any atom is 0.227 e. The lowest BCUT2D eigenvalue weighted by atomic mass is 9.86. The highest BCUT2D eigenvalue weighted by atomic mass is 16.5. The third-order valence-electron chi connectivity index (χ3n) is 6.55. The van der Waals surface area contributed by atoms with Gasteiger partial charge in [-0.3, -0.25) is 14.5 Å². The fraction of sp³-hybridized carbons (Fsp3) is 0.727. The second kappa shape index (κ2) is 9.70. The molecule has 0 unspecified atom stereocenters. The molecule has 0 N–H and O–H groups in total. The van der Waals surface area contributed by atoms with E-state index >= 15 is 0 Å². The number of hydrogen-bond donors (Lipinski definition) is 0. The summed E-state index contributed by atoms with van der Waals surface area (Å²) in [4.78, 5) is 32.2. The van der Waals surface area contributed by atoms with Crippen LogP contribution in [0.25, 0.3) is 0 Å². The molecule has 0 aromatic rings. The number of rotatable bonds is 8. The van der Waals surface area contributed by atoms with Crippen molar-refractivity contribution in [1.29, 1.82) is 0 Å². The number of piperidine rings is 1. The molecule has 0 bridgehead atoms. The molecule has 6 heteroatoms. The van der Waals surface area contributed by atoms with Crippen LogP contribution in [-0.2, 0) is 14.3 Å². The zero-order valence-electron chi connectivity index (χ0n) is 17.1. The first kappa shape index (κ1) is 21.1. The monoisotopic (exact) mass is 389 g/mol. The maximum atomic E-state index is 13.4. The number of likely N-dealkylation sites (tertiary alicyclic amines) is 2. The Morgan fingerprint density at radius 1 is 1.14 bits per heavy atom. The second-order valence-electron chi connectivity index (χ2n) is 8.33. The van der Waals surface area contributed by atoms with Gasteiger partial charge in [-0.05, 0) is 32.1 Å². The van der Waals surface area contributed by atoms with Gasteiger partial charge >= 0.3 is 0 Å². The van der Waals surface area contributed by atoms with Gasteiger partial charge in [0, 0.05) is 51.2 Å². The predicted octanol–water partition coefficient (Wildman–Crippen LogP) is 2.07. The molecular formula is C22H35N3O3. The van der Waals surface area contributed by atoms with E-state index < -0.39 is 0 Å². The first-order valence-corrected chi connectivity index (χ1v) is 10.7. The number of carbonyl (C=O) groups excluding carboxylic acids is 2. The predicted molar refractivity (Wildman–Crippen MR) is 110 cm³/mol. The lowest BCUT2D eigenvalue weighted by molar-refractivity contribution is -0.146. The Morgan fingerprint density at radius 2 is 1.86 bits per heavy atom. The van der Waals surface area contributed by atoms with Gasteiger partial charge < -0.3 is 14.5 Å². The summed E-state index contributed by atoms with van der Waals surface area (Å²) >= 11 is 0. The smallest absolute Gasteiger partial charge is 0.227 e. The normalized spacial score (nSPS) is 25.7. The molecule has 0 aliphatic carbocycles. The van der Waals surface area contributed by atoms with Crippen molar-refractivity contribution in [3.8, 4) is 0 Å². The van der Waals surface area contributed by atoms with Gasteiger partial charge in [-0.15, -0.1) is 13.2 Å². The Labute approximate surface area is 169 Å². The van der Waals surface area contributed by atoms with E-state index in [9.17, 15) is 9.59 Å². The topological polar surface area (TPSA) is 53.1 Å². The van der Waals surface area contributed by atoms with Crippen LogP contribution >= 0.6 is 0 Å². The third kappa shape index (κ3) is 4.66. The highest BCUT2D eigenvalue weighted by molar-refractivity contribution is 5.84. The Morgan fingerprint density at radius 3 is 2.54 bits per heavy atom. The van der Waals surface area contributed by atoms with Gasteiger partial charge in [0.05, 0.1) is 19.1 Å². The number of morpholine rings is 1. The first-order valence-electron chi connectivity index (χ1n) is 10.7. The number of nitrogens with zero attached hydrogens (tertiary/aromatic N) is 3. The highest BCUT2D eigenvalue weighted by Gasteiger charge is 2.44. The summed E-state index contributed by atoms with van der Waals surface area (Å²) in [6.45, 7) is 14.1. The summed E-state index contributed by atoms with van der Waals surface area (Å²) < 4.78 is 5.39. The molecule has 0 aromatic carbocycles. The van der Waals surface area contributed by atoms with Gasteiger partial charge in [-0.1, -0.05) is 12.2 Å². The maximum absolute atomic E-state index is 13.4. The summed E-state index contributed by atoms with van der Waals surface area (Å²) in [5.74, 6) is 0.307. The summed E-state index contributed by atoms with van der Waals surface area (Å²) in [7, 11) is 0. The molecule has 3 saturated heterocycles. The van der Waals surface area contributed by atoms with E-state index in [0.717, 1.165) is 65.1 Å². The Kier molecular flexibility index (Phi) is 7.30. The van der Waals surface area contributed by atoms with E-state index in [2.05, 4.69) is 23.0 Å². The first-order chi connectivity index (χ1) is 13.6. The van der Waals surface area contributed by atoms with Crippen molar-refractivity contribution in [3.63, 3.8) is 0 Å². The quantitative estimate of drug-likeness (QED) is 0.597. The van der Waals surface area contributed by atoms with Crippen molar-refractivity contribution in [3.05, 3.63) is 25.3 Å².